The minimum Gasteiger partial charge on any atom is -0.0622 e. The predicted octanol–water partition coefficient (Wildman–Crippen LogP) is 11.2. The quantitative estimate of drug-likeness (QED) is 0.147. The molecule has 0 nitrogen and oxygen atoms in total. The third-order valence-corrected chi connectivity index (χ3v) is 7.93. The van der Waals surface area contributed by atoms with Gasteiger partial charge in [0.2, 0.25) is 0 Å². The fraction of sp³-hybridized carbons (Fsp3) is 0. The summed E-state index contributed by atoms with van der Waals surface area (Å²) in [5.41, 5.74) is 9.59. The van der Waals surface area contributed by atoms with E-state index in [1.54, 1.807) is 0 Å². The molecule has 0 heteroatoms. The van der Waals surface area contributed by atoms with Gasteiger partial charge in [-0.2, -0.15) is 0 Å². The Balaban J connectivity index is 1.56. The molecule has 0 aromatic heterocycles. The van der Waals surface area contributed by atoms with Crippen LogP contribution in [0.2, 0.25) is 0 Å². The van der Waals surface area contributed by atoms with E-state index in [4.69, 9.17) is 0 Å². The lowest BCUT2D eigenvalue weighted by atomic mass is 9.88. The third-order valence-electron chi connectivity index (χ3n) is 7.93. The minimum absolute atomic E-state index is 1.19. The Hall–Kier alpha value is -5.46. The summed E-state index contributed by atoms with van der Waals surface area (Å²) in [5.74, 6) is 0. The van der Waals surface area contributed by atoms with Gasteiger partial charge in [-0.05, 0) is 78.2 Å². The zero-order chi connectivity index (χ0) is 28.1. The Kier molecular flexibility index (Phi) is 7.02. The maximum Gasteiger partial charge on any atom is -0.00986 e. The second kappa shape index (κ2) is 11.6. The minimum atomic E-state index is 1.19. The molecule has 0 heterocycles. The molecule has 0 atom stereocenters. The van der Waals surface area contributed by atoms with Gasteiger partial charge in [0.25, 0.3) is 0 Å². The first-order chi connectivity index (χ1) is 20.8. The van der Waals surface area contributed by atoms with Crippen molar-refractivity contribution in [1.82, 2.24) is 0 Å². The van der Waals surface area contributed by atoms with E-state index in [0.717, 1.165) is 0 Å². The number of benzene rings is 7. The largest absolute Gasteiger partial charge is 0.0622 e. The van der Waals surface area contributed by atoms with Gasteiger partial charge in [0.15, 0.2) is 0 Å². The van der Waals surface area contributed by atoms with Gasteiger partial charge in [0.05, 0.1) is 0 Å². The molecule has 0 aliphatic heterocycles. The Morgan fingerprint density at radius 1 is 0.310 bits per heavy atom. The molecule has 0 bridgehead atoms. The zero-order valence-electron chi connectivity index (χ0n) is 23.3. The molecule has 0 spiro atoms. The van der Waals surface area contributed by atoms with Gasteiger partial charge < -0.3 is 0 Å². The van der Waals surface area contributed by atoms with E-state index in [1.807, 2.05) is 0 Å². The molecular formula is C42H30. The summed E-state index contributed by atoms with van der Waals surface area (Å²) in [7, 11) is 0. The molecule has 0 amide bonds. The third kappa shape index (κ3) is 5.07. The smallest absolute Gasteiger partial charge is 0.00986 e. The Bertz CT molecular complexity index is 1950. The molecule has 0 unspecified atom stereocenters. The van der Waals surface area contributed by atoms with Gasteiger partial charge in [0, 0.05) is 0 Å². The van der Waals surface area contributed by atoms with Crippen LogP contribution in [0.3, 0.4) is 0 Å². The van der Waals surface area contributed by atoms with Gasteiger partial charge in [-0.15, -0.1) is 0 Å². The van der Waals surface area contributed by atoms with Crippen molar-refractivity contribution in [3.05, 3.63) is 203 Å². The highest BCUT2D eigenvalue weighted by Gasteiger charge is 2.13. The van der Waals surface area contributed by atoms with Crippen molar-refractivity contribution in [3.63, 3.8) is 0 Å². The van der Waals surface area contributed by atoms with Gasteiger partial charge >= 0.3 is 0 Å². The molecule has 42 heavy (non-hydrogen) atoms. The molecule has 0 radical (unpaired) electrons. The van der Waals surface area contributed by atoms with Crippen LogP contribution in [0.4, 0.5) is 0 Å². The van der Waals surface area contributed by atoms with E-state index in [1.165, 1.54) is 66.1 Å². The highest BCUT2D eigenvalue weighted by molar-refractivity contribution is 6.13. The van der Waals surface area contributed by atoms with E-state index in [0.29, 0.717) is 0 Å². The summed E-state index contributed by atoms with van der Waals surface area (Å²) in [4.78, 5) is 0. The Labute approximate surface area is 247 Å². The molecule has 0 aliphatic rings. The first-order valence-electron chi connectivity index (χ1n) is 14.4. The van der Waals surface area contributed by atoms with Crippen molar-refractivity contribution in [2.45, 2.75) is 0 Å². The lowest BCUT2D eigenvalue weighted by molar-refractivity contribution is 1.54. The van der Waals surface area contributed by atoms with Crippen LogP contribution in [0.5, 0.6) is 0 Å². The summed E-state index contributed by atoms with van der Waals surface area (Å²) in [6.07, 6.45) is 4.75. The number of rotatable bonds is 6. The molecule has 7 aromatic carbocycles. The van der Waals surface area contributed by atoms with Crippen LogP contribution < -0.4 is 0 Å². The topological polar surface area (TPSA) is 0 Å². The van der Waals surface area contributed by atoms with Crippen LogP contribution in [0.15, 0.2) is 170 Å². The first kappa shape index (κ1) is 25.5. The molecule has 0 saturated carbocycles. The maximum absolute atomic E-state index is 2.39. The summed E-state index contributed by atoms with van der Waals surface area (Å²) in [6.45, 7) is 0. The molecule has 0 fully saturated rings. The highest BCUT2D eigenvalue weighted by Crippen LogP contribution is 2.36. The van der Waals surface area contributed by atoms with Crippen LogP contribution in [0.1, 0.15) is 33.4 Å². The number of fused-ring (bicyclic) bond motifs is 3. The molecule has 0 N–H and O–H groups in total. The van der Waals surface area contributed by atoms with Crippen molar-refractivity contribution in [2.75, 3.05) is 0 Å². The molecule has 7 rings (SSSR count). The van der Waals surface area contributed by atoms with Crippen LogP contribution in [0.25, 0.3) is 44.8 Å². The first-order valence-corrected chi connectivity index (χ1v) is 14.4. The van der Waals surface area contributed by atoms with Crippen molar-refractivity contribution >= 4 is 44.8 Å². The van der Waals surface area contributed by atoms with Crippen molar-refractivity contribution in [2.24, 2.45) is 0 Å². The van der Waals surface area contributed by atoms with Crippen LogP contribution in [0, 0.1) is 0 Å². The Morgan fingerprint density at radius 3 is 1.26 bits per heavy atom. The van der Waals surface area contributed by atoms with Crippen LogP contribution in [-0.4, -0.2) is 0 Å². The molecular weight excluding hydrogens is 504 g/mol. The second-order valence-corrected chi connectivity index (χ2v) is 10.5. The predicted molar refractivity (Wildman–Crippen MR) is 181 cm³/mol. The summed E-state index contributed by atoms with van der Waals surface area (Å²) in [6, 6.07) is 60.6. The lowest BCUT2D eigenvalue weighted by Crippen LogP contribution is -1.93. The standard InChI is InChI=1S/C42H30/c1-5-15-31(16-6-1)40(32-17-7-2-8-18-32)29-36-26-28-38-37-24-14-13-23-35(37)25-27-39(38)42(36)30-41(33-19-9-3-10-20-33)34-21-11-4-12-22-34/h1-30H. The fourth-order valence-corrected chi connectivity index (χ4v) is 5.85. The summed E-state index contributed by atoms with van der Waals surface area (Å²) >= 11 is 0. The van der Waals surface area contributed by atoms with Gasteiger partial charge in [-0.1, -0.05) is 170 Å². The SMILES string of the molecule is C(=C(c1ccccc1)c1ccccc1)c1ccc2c(ccc3ccccc32)c1C=C(c1ccccc1)c1ccccc1. The average Bonchev–Trinajstić information content (AvgIpc) is 3.08. The molecule has 0 aliphatic carbocycles. The van der Waals surface area contributed by atoms with Crippen molar-refractivity contribution in [1.29, 1.82) is 0 Å². The van der Waals surface area contributed by atoms with E-state index in [9.17, 15) is 0 Å². The van der Waals surface area contributed by atoms with E-state index in [2.05, 4.69) is 182 Å². The van der Waals surface area contributed by atoms with Crippen LogP contribution in [-0.2, 0) is 0 Å². The average molecular weight is 535 g/mol. The number of hydrogen-bond donors (Lipinski definition) is 0. The fourth-order valence-electron chi connectivity index (χ4n) is 5.85. The van der Waals surface area contributed by atoms with E-state index >= 15 is 0 Å². The summed E-state index contributed by atoms with van der Waals surface area (Å²) < 4.78 is 0. The summed E-state index contributed by atoms with van der Waals surface area (Å²) in [5, 5.41) is 5.03. The Morgan fingerprint density at radius 2 is 0.738 bits per heavy atom. The van der Waals surface area contributed by atoms with Gasteiger partial charge in [-0.25, -0.2) is 0 Å². The maximum atomic E-state index is 2.39. The van der Waals surface area contributed by atoms with Gasteiger partial charge in [0.1, 0.15) is 0 Å². The molecule has 7 aromatic rings. The van der Waals surface area contributed by atoms with E-state index in [-0.39, 0.29) is 0 Å². The molecule has 0 saturated heterocycles. The normalized spacial score (nSPS) is 10.9. The highest BCUT2D eigenvalue weighted by atomic mass is 14.2. The number of hydrogen-bond acceptors (Lipinski definition) is 0. The zero-order valence-corrected chi connectivity index (χ0v) is 23.3. The lowest BCUT2D eigenvalue weighted by Gasteiger charge is -2.15. The van der Waals surface area contributed by atoms with Crippen molar-refractivity contribution < 1.29 is 0 Å². The van der Waals surface area contributed by atoms with Crippen molar-refractivity contribution in [3.8, 4) is 0 Å². The van der Waals surface area contributed by atoms with Crippen LogP contribution >= 0.6 is 0 Å². The second-order valence-electron chi connectivity index (χ2n) is 10.5. The van der Waals surface area contributed by atoms with E-state index < -0.39 is 0 Å². The van der Waals surface area contributed by atoms with Gasteiger partial charge in [-0.3, -0.25) is 0 Å². The molecule has 198 valence electrons. The monoisotopic (exact) mass is 534 g/mol.